The van der Waals surface area contributed by atoms with Gasteiger partial charge in [-0.25, -0.2) is 0 Å². The van der Waals surface area contributed by atoms with Gasteiger partial charge in [0.15, 0.2) is 0 Å². The Morgan fingerprint density at radius 3 is 2.90 bits per heavy atom. The van der Waals surface area contributed by atoms with Gasteiger partial charge in [-0.2, -0.15) is 0 Å². The van der Waals surface area contributed by atoms with E-state index in [9.17, 15) is 4.79 Å². The highest BCUT2D eigenvalue weighted by Gasteiger charge is 2.20. The average molecular weight is 225 g/mol. The van der Waals surface area contributed by atoms with Crippen LogP contribution in [0.4, 0.5) is 0 Å². The van der Waals surface area contributed by atoms with Crippen LogP contribution in [-0.4, -0.2) is 49.7 Å². The van der Waals surface area contributed by atoms with Crippen molar-refractivity contribution in [1.82, 2.24) is 0 Å². The summed E-state index contributed by atoms with van der Waals surface area (Å²) in [6.07, 6.45) is 0. The standard InChI is InChI=1S/C2H12O3Si5/c1-2(3)4-10-5-6-7-8-9-10/h10H,6-9H2,1H3. The molecule has 0 N–H and O–H groups in total. The lowest BCUT2D eigenvalue weighted by molar-refractivity contribution is -0.132. The first-order chi connectivity index (χ1) is 4.79. The minimum atomic E-state index is -1.24. The van der Waals surface area contributed by atoms with E-state index < -0.39 is 8.80 Å². The van der Waals surface area contributed by atoms with Gasteiger partial charge >= 0.3 is 8.80 Å². The molecule has 1 saturated heterocycles. The summed E-state index contributed by atoms with van der Waals surface area (Å²) in [6.45, 7) is 1.50. The van der Waals surface area contributed by atoms with Crippen molar-refractivity contribution in [2.24, 2.45) is 0 Å². The molecule has 1 heterocycles. The summed E-state index contributed by atoms with van der Waals surface area (Å²) in [4.78, 5) is 10.5. The van der Waals surface area contributed by atoms with Crippen LogP contribution in [0.5, 0.6) is 0 Å². The number of carbonyl (C=O) groups is 1. The van der Waals surface area contributed by atoms with Gasteiger partial charge in [0.1, 0.15) is 9.28 Å². The molecule has 0 spiro atoms. The number of carbonyl (C=O) groups excluding carboxylic acids is 1. The Morgan fingerprint density at radius 1 is 1.60 bits per heavy atom. The topological polar surface area (TPSA) is 35.5 Å². The smallest absolute Gasteiger partial charge is 0.340 e. The molecular formula is C2H12O3Si5. The van der Waals surface area contributed by atoms with Crippen LogP contribution in [0.3, 0.4) is 0 Å². The number of hydrogen-bond donors (Lipinski definition) is 0. The fourth-order valence-corrected chi connectivity index (χ4v) is 81.5. The Hall–Kier alpha value is 0.514. The molecule has 3 nitrogen and oxygen atoms in total. The molecule has 8 heteroatoms. The highest BCUT2D eigenvalue weighted by Crippen LogP contribution is 1.90. The van der Waals surface area contributed by atoms with Gasteiger partial charge in [0.2, 0.25) is 0 Å². The van der Waals surface area contributed by atoms with Crippen LogP contribution in [0.25, 0.3) is 0 Å². The first kappa shape index (κ1) is 8.61. The normalized spacial score (nSPS) is 35.5. The Kier molecular flexibility index (Phi) is 3.79. The molecule has 0 bridgehead atoms. The fraction of sp³-hybridized carbons (Fsp3) is 0.500. The average Bonchev–Trinajstić information content (AvgIpc) is 1.88. The maximum Gasteiger partial charge on any atom is 0.340 e. The van der Waals surface area contributed by atoms with Crippen molar-refractivity contribution in [3.8, 4) is 0 Å². The monoisotopic (exact) mass is 224 g/mol. The lowest BCUT2D eigenvalue weighted by atomic mass is 10.9. The van der Waals surface area contributed by atoms with Crippen LogP contribution in [0.15, 0.2) is 0 Å². The van der Waals surface area contributed by atoms with Crippen molar-refractivity contribution in [2.45, 2.75) is 6.92 Å². The van der Waals surface area contributed by atoms with Crippen molar-refractivity contribution < 1.29 is 13.3 Å². The van der Waals surface area contributed by atoms with E-state index in [0.717, 1.165) is 0 Å². The van der Waals surface area contributed by atoms with E-state index in [0.29, 0.717) is 17.1 Å². The Labute approximate surface area is 70.3 Å². The summed E-state index contributed by atoms with van der Waals surface area (Å²) >= 11 is 0. The maximum atomic E-state index is 10.5. The summed E-state index contributed by atoms with van der Waals surface area (Å²) in [6, 6.07) is 0. The lowest BCUT2D eigenvalue weighted by Gasteiger charge is -2.19. The van der Waals surface area contributed by atoms with Crippen LogP contribution in [0, 0.1) is 0 Å². The predicted molar refractivity (Wildman–Crippen MR) is 54.2 cm³/mol. The molecule has 0 radical (unpaired) electrons. The number of hydrogen-bond acceptors (Lipinski definition) is 3. The molecule has 58 valence electrons. The van der Waals surface area contributed by atoms with Crippen LogP contribution in [0.1, 0.15) is 6.92 Å². The second-order valence-electron chi connectivity index (χ2n) is 2.41. The SMILES string of the molecule is CC(=O)O[SiH]1O[SiH2][SiH2][SiH2][SiH2]1. The zero-order valence-electron chi connectivity index (χ0n) is 6.13. The fourth-order valence-electron chi connectivity index (χ4n) is 0.989. The Bertz CT molecular complexity index is 122. The highest BCUT2D eigenvalue weighted by molar-refractivity contribution is 7.57. The zero-order chi connectivity index (χ0) is 7.40. The molecule has 10 heavy (non-hydrogen) atoms. The molecule has 0 aromatic heterocycles. The third kappa shape index (κ3) is 3.07. The second-order valence-corrected chi connectivity index (χ2v) is 34.4. The summed E-state index contributed by atoms with van der Waals surface area (Å²) < 4.78 is 10.7. The van der Waals surface area contributed by atoms with Crippen LogP contribution in [0.2, 0.25) is 0 Å². The van der Waals surface area contributed by atoms with Gasteiger partial charge in [-0.1, -0.05) is 0 Å². The summed E-state index contributed by atoms with van der Waals surface area (Å²) in [5, 5.41) is 0. The van der Waals surface area contributed by atoms with Crippen LogP contribution < -0.4 is 0 Å². The van der Waals surface area contributed by atoms with Crippen LogP contribution >= 0.6 is 0 Å². The van der Waals surface area contributed by atoms with Crippen LogP contribution in [-0.2, 0) is 13.3 Å². The minimum absolute atomic E-state index is 0.0621. The first-order valence-corrected chi connectivity index (χ1v) is 20.4. The van der Waals surface area contributed by atoms with Gasteiger partial charge in [0, 0.05) is 24.0 Å². The van der Waals surface area contributed by atoms with Crippen molar-refractivity contribution in [3.05, 3.63) is 0 Å². The van der Waals surface area contributed by atoms with Gasteiger partial charge in [0.25, 0.3) is 5.97 Å². The summed E-state index contributed by atoms with van der Waals surface area (Å²) in [5.74, 6) is -0.101. The van der Waals surface area contributed by atoms with E-state index in [2.05, 4.69) is 0 Å². The molecule has 0 amide bonds. The van der Waals surface area contributed by atoms with E-state index in [1.165, 1.54) is 6.92 Å². The van der Waals surface area contributed by atoms with Gasteiger partial charge in [-0.3, -0.25) is 4.79 Å². The molecule has 1 rings (SSSR count). The van der Waals surface area contributed by atoms with Crippen molar-refractivity contribution >= 4 is 49.7 Å². The molecule has 0 aromatic rings. The molecule has 1 aliphatic rings. The first-order valence-electron chi connectivity index (χ1n) is 3.58. The van der Waals surface area contributed by atoms with Crippen molar-refractivity contribution in [1.29, 1.82) is 0 Å². The molecule has 1 atom stereocenters. The van der Waals surface area contributed by atoms with Gasteiger partial charge in [-0.05, 0) is 0 Å². The molecule has 0 aromatic carbocycles. The summed E-state index contributed by atoms with van der Waals surface area (Å²) in [7, 11) is -0.389. The van der Waals surface area contributed by atoms with Crippen molar-refractivity contribution in [2.75, 3.05) is 0 Å². The van der Waals surface area contributed by atoms with Gasteiger partial charge < -0.3 is 8.54 Å². The molecule has 0 aliphatic carbocycles. The number of rotatable bonds is 1. The molecule has 0 saturated carbocycles. The van der Waals surface area contributed by atoms with E-state index in [1.54, 1.807) is 0 Å². The van der Waals surface area contributed by atoms with Crippen molar-refractivity contribution in [3.63, 3.8) is 0 Å². The third-order valence-electron chi connectivity index (χ3n) is 1.44. The maximum absolute atomic E-state index is 10.5. The minimum Gasteiger partial charge on any atom is -0.502 e. The highest BCUT2D eigenvalue weighted by atomic mass is 29.9. The Morgan fingerprint density at radius 2 is 2.40 bits per heavy atom. The van der Waals surface area contributed by atoms with Gasteiger partial charge in [0.05, 0.1) is 8.55 Å². The lowest BCUT2D eigenvalue weighted by Crippen LogP contribution is -2.46. The van der Waals surface area contributed by atoms with E-state index in [1.807, 2.05) is 0 Å². The summed E-state index contributed by atoms with van der Waals surface area (Å²) in [5.41, 5.74) is 0. The molecular weight excluding hydrogens is 212 g/mol. The predicted octanol–water partition coefficient (Wildman–Crippen LogP) is -4.37. The van der Waals surface area contributed by atoms with Gasteiger partial charge in [-0.15, -0.1) is 0 Å². The largest absolute Gasteiger partial charge is 0.502 e. The molecule has 1 unspecified atom stereocenters. The molecule has 1 aliphatic heterocycles. The second kappa shape index (κ2) is 4.40. The third-order valence-corrected chi connectivity index (χ3v) is 55.4. The van der Waals surface area contributed by atoms with E-state index in [-0.39, 0.29) is 23.8 Å². The van der Waals surface area contributed by atoms with E-state index >= 15 is 0 Å². The zero-order valence-corrected chi connectivity index (χ0v) is 12.9. The molecule has 1 fully saturated rings. The Balaban J connectivity index is 2.19. The quantitative estimate of drug-likeness (QED) is 0.422. The van der Waals surface area contributed by atoms with E-state index in [4.69, 9.17) is 8.54 Å².